The van der Waals surface area contributed by atoms with Gasteiger partial charge in [0, 0.05) is 18.7 Å². The number of hydrogen-bond donors (Lipinski definition) is 1. The second-order valence-corrected chi connectivity index (χ2v) is 6.38. The van der Waals surface area contributed by atoms with Gasteiger partial charge in [-0.05, 0) is 54.8 Å². The van der Waals surface area contributed by atoms with Crippen molar-refractivity contribution in [2.24, 2.45) is 5.92 Å². The number of carbonyl (C=O) groups is 1. The smallest absolute Gasteiger partial charge is 0.251 e. The maximum atomic E-state index is 12.3. The molecule has 1 fully saturated rings. The normalized spacial score (nSPS) is 16.8. The summed E-state index contributed by atoms with van der Waals surface area (Å²) in [6, 6.07) is 14.0. The van der Waals surface area contributed by atoms with Crippen molar-refractivity contribution in [2.45, 2.75) is 19.8 Å². The van der Waals surface area contributed by atoms with E-state index in [-0.39, 0.29) is 5.91 Å². The lowest BCUT2D eigenvalue weighted by atomic mass is 10.1. The second-order valence-electron chi connectivity index (χ2n) is 6.38. The average molecular weight is 296 g/mol. The lowest BCUT2D eigenvalue weighted by Gasteiger charge is -2.20. The van der Waals surface area contributed by atoms with Gasteiger partial charge in [0.25, 0.3) is 5.91 Å². The third-order valence-corrected chi connectivity index (χ3v) is 4.39. The molecule has 116 valence electrons. The largest absolute Gasteiger partial charge is 0.352 e. The predicted octanol–water partition coefficient (Wildman–Crippen LogP) is 3.30. The van der Waals surface area contributed by atoms with Gasteiger partial charge in [0.15, 0.2) is 0 Å². The molecular formula is C19H24N2O. The van der Waals surface area contributed by atoms with Crippen LogP contribution in [0.1, 0.15) is 30.1 Å². The molecule has 2 aromatic carbocycles. The first-order valence-corrected chi connectivity index (χ1v) is 8.22. The van der Waals surface area contributed by atoms with Gasteiger partial charge in [-0.3, -0.25) is 4.79 Å². The first-order chi connectivity index (χ1) is 10.7. The molecule has 2 aromatic rings. The molecule has 1 saturated heterocycles. The van der Waals surface area contributed by atoms with E-state index in [1.807, 2.05) is 36.4 Å². The van der Waals surface area contributed by atoms with E-state index >= 15 is 0 Å². The van der Waals surface area contributed by atoms with Crippen LogP contribution in [0.2, 0.25) is 0 Å². The maximum absolute atomic E-state index is 12.3. The summed E-state index contributed by atoms with van der Waals surface area (Å²) < 4.78 is 0. The van der Waals surface area contributed by atoms with E-state index in [1.54, 1.807) is 0 Å². The van der Waals surface area contributed by atoms with Crippen LogP contribution in [0, 0.1) is 5.92 Å². The van der Waals surface area contributed by atoms with Gasteiger partial charge in [-0.1, -0.05) is 37.3 Å². The number of nitrogens with one attached hydrogen (secondary N) is 1. The third-order valence-electron chi connectivity index (χ3n) is 4.39. The molecule has 0 radical (unpaired) electrons. The van der Waals surface area contributed by atoms with E-state index in [2.05, 4.69) is 23.2 Å². The number of rotatable bonds is 5. The topological polar surface area (TPSA) is 32.3 Å². The van der Waals surface area contributed by atoms with E-state index in [0.29, 0.717) is 5.92 Å². The molecule has 0 bridgehead atoms. The summed E-state index contributed by atoms with van der Waals surface area (Å²) in [4.78, 5) is 14.8. The second kappa shape index (κ2) is 6.93. The molecule has 0 aliphatic carbocycles. The Morgan fingerprint density at radius 1 is 1.14 bits per heavy atom. The molecule has 22 heavy (non-hydrogen) atoms. The van der Waals surface area contributed by atoms with Gasteiger partial charge in [0.1, 0.15) is 0 Å². The summed E-state index contributed by atoms with van der Waals surface area (Å²) in [5.41, 5.74) is 0.743. The van der Waals surface area contributed by atoms with Crippen molar-refractivity contribution >= 4 is 16.7 Å². The molecular weight excluding hydrogens is 272 g/mol. The van der Waals surface area contributed by atoms with Crippen molar-refractivity contribution in [3.63, 3.8) is 0 Å². The molecule has 1 amide bonds. The monoisotopic (exact) mass is 296 g/mol. The van der Waals surface area contributed by atoms with Crippen molar-refractivity contribution in [3.8, 4) is 0 Å². The molecule has 1 aliphatic rings. The van der Waals surface area contributed by atoms with Crippen molar-refractivity contribution < 1.29 is 4.79 Å². The fourth-order valence-electron chi connectivity index (χ4n) is 3.17. The zero-order valence-electron chi connectivity index (χ0n) is 13.2. The minimum atomic E-state index is 0.0269. The molecule has 1 N–H and O–H groups in total. The summed E-state index contributed by atoms with van der Waals surface area (Å²) in [6.07, 6.45) is 2.63. The van der Waals surface area contributed by atoms with Gasteiger partial charge in [-0.15, -0.1) is 0 Å². The number of benzene rings is 2. The van der Waals surface area contributed by atoms with Crippen LogP contribution in [0.3, 0.4) is 0 Å². The van der Waals surface area contributed by atoms with Gasteiger partial charge in [-0.25, -0.2) is 0 Å². The van der Waals surface area contributed by atoms with Crippen molar-refractivity contribution in [1.82, 2.24) is 10.2 Å². The standard InChI is InChI=1S/C19H24N2O/c1-15(14-21-10-4-5-11-21)13-20-19(22)18-9-8-16-6-2-3-7-17(16)12-18/h2-3,6-9,12,15H,4-5,10-11,13-14H2,1H3,(H,20,22)/t15-/m0/s1. The molecule has 0 aromatic heterocycles. The Morgan fingerprint density at radius 2 is 1.86 bits per heavy atom. The zero-order valence-corrected chi connectivity index (χ0v) is 13.2. The molecule has 1 aliphatic heterocycles. The highest BCUT2D eigenvalue weighted by atomic mass is 16.1. The molecule has 0 unspecified atom stereocenters. The Bertz CT molecular complexity index is 647. The van der Waals surface area contributed by atoms with Gasteiger partial charge in [0.05, 0.1) is 0 Å². The highest BCUT2D eigenvalue weighted by Crippen LogP contribution is 2.15. The molecule has 3 rings (SSSR count). The predicted molar refractivity (Wildman–Crippen MR) is 91.1 cm³/mol. The highest BCUT2D eigenvalue weighted by Gasteiger charge is 2.15. The minimum Gasteiger partial charge on any atom is -0.352 e. The zero-order chi connectivity index (χ0) is 15.4. The Morgan fingerprint density at radius 3 is 2.64 bits per heavy atom. The lowest BCUT2D eigenvalue weighted by Crippen LogP contribution is -2.34. The summed E-state index contributed by atoms with van der Waals surface area (Å²) in [5, 5.41) is 5.35. The Balaban J connectivity index is 1.56. The van der Waals surface area contributed by atoms with Crippen molar-refractivity contribution in [1.29, 1.82) is 0 Å². The number of nitrogens with zero attached hydrogens (tertiary/aromatic N) is 1. The van der Waals surface area contributed by atoms with Crippen molar-refractivity contribution in [3.05, 3.63) is 48.0 Å². The van der Waals surface area contributed by atoms with Gasteiger partial charge in [0.2, 0.25) is 0 Å². The van der Waals surface area contributed by atoms with E-state index in [1.165, 1.54) is 31.3 Å². The first kappa shape index (κ1) is 15.0. The SMILES string of the molecule is C[C@@H](CNC(=O)c1ccc2ccccc2c1)CN1CCCC1. The van der Waals surface area contributed by atoms with Crippen molar-refractivity contribution in [2.75, 3.05) is 26.2 Å². The molecule has 1 atom stereocenters. The lowest BCUT2D eigenvalue weighted by molar-refractivity contribution is 0.0945. The van der Waals surface area contributed by atoms with Crippen LogP contribution >= 0.6 is 0 Å². The van der Waals surface area contributed by atoms with Crippen LogP contribution in [0.4, 0.5) is 0 Å². The average Bonchev–Trinajstić information content (AvgIpc) is 3.05. The van der Waals surface area contributed by atoms with E-state index in [4.69, 9.17) is 0 Å². The Labute approximate surface area is 132 Å². The van der Waals surface area contributed by atoms with E-state index < -0.39 is 0 Å². The first-order valence-electron chi connectivity index (χ1n) is 8.22. The molecule has 3 nitrogen and oxygen atoms in total. The van der Waals surface area contributed by atoms with Crippen LogP contribution in [0.25, 0.3) is 10.8 Å². The summed E-state index contributed by atoms with van der Waals surface area (Å²) >= 11 is 0. The van der Waals surface area contributed by atoms with E-state index in [9.17, 15) is 4.79 Å². The fraction of sp³-hybridized carbons (Fsp3) is 0.421. The molecule has 0 spiro atoms. The summed E-state index contributed by atoms with van der Waals surface area (Å²) in [5.74, 6) is 0.515. The van der Waals surface area contributed by atoms with Crippen LogP contribution in [-0.2, 0) is 0 Å². The Hall–Kier alpha value is -1.87. The van der Waals surface area contributed by atoms with Gasteiger partial charge < -0.3 is 10.2 Å². The Kier molecular flexibility index (Phi) is 4.74. The van der Waals surface area contributed by atoms with Gasteiger partial charge >= 0.3 is 0 Å². The third kappa shape index (κ3) is 3.66. The van der Waals surface area contributed by atoms with Crippen LogP contribution in [0.15, 0.2) is 42.5 Å². The molecule has 1 heterocycles. The van der Waals surface area contributed by atoms with Crippen LogP contribution < -0.4 is 5.32 Å². The fourth-order valence-corrected chi connectivity index (χ4v) is 3.17. The summed E-state index contributed by atoms with van der Waals surface area (Å²) in [7, 11) is 0. The number of likely N-dealkylation sites (tertiary alicyclic amines) is 1. The molecule has 0 saturated carbocycles. The minimum absolute atomic E-state index is 0.0269. The number of fused-ring (bicyclic) bond motifs is 1. The quantitative estimate of drug-likeness (QED) is 0.918. The summed E-state index contributed by atoms with van der Waals surface area (Å²) in [6.45, 7) is 6.45. The number of carbonyl (C=O) groups excluding carboxylic acids is 1. The number of amides is 1. The van der Waals surface area contributed by atoms with Gasteiger partial charge in [-0.2, -0.15) is 0 Å². The highest BCUT2D eigenvalue weighted by molar-refractivity contribution is 5.98. The van der Waals surface area contributed by atoms with E-state index in [0.717, 1.165) is 24.0 Å². The van der Waals surface area contributed by atoms with Crippen LogP contribution in [-0.4, -0.2) is 37.0 Å². The maximum Gasteiger partial charge on any atom is 0.251 e. The van der Waals surface area contributed by atoms with Crippen LogP contribution in [0.5, 0.6) is 0 Å². The number of hydrogen-bond acceptors (Lipinski definition) is 2. The molecule has 3 heteroatoms.